The van der Waals surface area contributed by atoms with Gasteiger partial charge in [-0.05, 0) is 44.8 Å². The Morgan fingerprint density at radius 1 is 1.36 bits per heavy atom. The maximum absolute atomic E-state index is 5.49. The molecule has 11 heavy (non-hydrogen) atoms. The van der Waals surface area contributed by atoms with E-state index in [1.807, 2.05) is 0 Å². The van der Waals surface area contributed by atoms with Crippen LogP contribution in [0.4, 0.5) is 0 Å². The molecule has 1 atom stereocenters. The first-order valence-corrected chi connectivity index (χ1v) is 4.72. The average molecular weight is 158 g/mol. The lowest BCUT2D eigenvalue weighted by Crippen LogP contribution is -2.18. The fourth-order valence-corrected chi connectivity index (χ4v) is 0.995. The summed E-state index contributed by atoms with van der Waals surface area (Å²) in [7, 11) is 0. The van der Waals surface area contributed by atoms with Crippen molar-refractivity contribution in [1.82, 2.24) is 5.32 Å². The van der Waals surface area contributed by atoms with Crippen LogP contribution in [0.5, 0.6) is 0 Å². The fourth-order valence-electron chi connectivity index (χ4n) is 0.995. The lowest BCUT2D eigenvalue weighted by atomic mass is 10.1. The lowest BCUT2D eigenvalue weighted by Gasteiger charge is -2.07. The molecule has 2 nitrogen and oxygen atoms in total. The molecular weight excluding hydrogens is 136 g/mol. The van der Waals surface area contributed by atoms with Gasteiger partial charge in [0.1, 0.15) is 0 Å². The molecule has 0 aromatic rings. The Labute approximate surface area is 70.5 Å². The molecule has 0 aromatic carbocycles. The lowest BCUT2D eigenvalue weighted by molar-refractivity contribution is 0.501. The summed E-state index contributed by atoms with van der Waals surface area (Å²) in [4.78, 5) is 0. The first-order chi connectivity index (χ1) is 5.31. The number of nitrogens with two attached hydrogens (primary N) is 1. The van der Waals surface area contributed by atoms with Crippen molar-refractivity contribution in [2.75, 3.05) is 19.6 Å². The van der Waals surface area contributed by atoms with Gasteiger partial charge >= 0.3 is 0 Å². The fraction of sp³-hybridized carbons (Fsp3) is 1.00. The standard InChI is InChI=1S/C9H22N2/c1-3-6-11-7-4-5-9(2)8-10/h9,11H,3-8,10H2,1-2H3. The Morgan fingerprint density at radius 3 is 2.64 bits per heavy atom. The minimum absolute atomic E-state index is 0.693. The highest BCUT2D eigenvalue weighted by molar-refractivity contribution is 4.54. The topological polar surface area (TPSA) is 38.0 Å². The third-order valence-electron chi connectivity index (χ3n) is 1.88. The molecule has 2 heteroatoms. The number of nitrogens with one attached hydrogen (secondary N) is 1. The molecule has 0 radical (unpaired) electrons. The summed E-state index contributed by atoms with van der Waals surface area (Å²) >= 11 is 0. The molecule has 0 aromatic heterocycles. The summed E-state index contributed by atoms with van der Waals surface area (Å²) in [6.07, 6.45) is 3.75. The summed E-state index contributed by atoms with van der Waals surface area (Å²) in [6.45, 7) is 7.53. The van der Waals surface area contributed by atoms with Crippen LogP contribution in [0.3, 0.4) is 0 Å². The van der Waals surface area contributed by atoms with Gasteiger partial charge in [-0.1, -0.05) is 13.8 Å². The Morgan fingerprint density at radius 2 is 2.09 bits per heavy atom. The van der Waals surface area contributed by atoms with E-state index in [0.717, 1.165) is 19.6 Å². The van der Waals surface area contributed by atoms with Crippen molar-refractivity contribution in [2.45, 2.75) is 33.1 Å². The molecule has 0 heterocycles. The van der Waals surface area contributed by atoms with E-state index in [1.54, 1.807) is 0 Å². The van der Waals surface area contributed by atoms with Crippen LogP contribution in [0.1, 0.15) is 33.1 Å². The Balaban J connectivity index is 2.89. The Kier molecular flexibility index (Phi) is 7.96. The van der Waals surface area contributed by atoms with Crippen LogP contribution in [-0.4, -0.2) is 19.6 Å². The van der Waals surface area contributed by atoms with Gasteiger partial charge in [-0.15, -0.1) is 0 Å². The molecule has 68 valence electrons. The molecular formula is C9H22N2. The van der Waals surface area contributed by atoms with Gasteiger partial charge in [-0.25, -0.2) is 0 Å². The van der Waals surface area contributed by atoms with E-state index in [2.05, 4.69) is 19.2 Å². The van der Waals surface area contributed by atoms with Gasteiger partial charge in [-0.2, -0.15) is 0 Å². The molecule has 3 N–H and O–H groups in total. The Hall–Kier alpha value is -0.0800. The van der Waals surface area contributed by atoms with Gasteiger partial charge < -0.3 is 11.1 Å². The summed E-state index contributed by atoms with van der Waals surface area (Å²) in [6, 6.07) is 0. The van der Waals surface area contributed by atoms with Crippen LogP contribution in [0.2, 0.25) is 0 Å². The molecule has 0 bridgehead atoms. The van der Waals surface area contributed by atoms with Gasteiger partial charge in [0, 0.05) is 0 Å². The van der Waals surface area contributed by atoms with Crippen molar-refractivity contribution in [2.24, 2.45) is 11.7 Å². The van der Waals surface area contributed by atoms with Crippen LogP contribution in [-0.2, 0) is 0 Å². The van der Waals surface area contributed by atoms with Crippen LogP contribution < -0.4 is 11.1 Å². The maximum Gasteiger partial charge on any atom is -0.00488 e. The molecule has 0 spiro atoms. The molecule has 1 unspecified atom stereocenters. The summed E-state index contributed by atoms with van der Waals surface area (Å²) < 4.78 is 0. The van der Waals surface area contributed by atoms with Gasteiger partial charge in [0.25, 0.3) is 0 Å². The number of hydrogen-bond acceptors (Lipinski definition) is 2. The van der Waals surface area contributed by atoms with Crippen LogP contribution in [0.15, 0.2) is 0 Å². The first-order valence-electron chi connectivity index (χ1n) is 4.72. The van der Waals surface area contributed by atoms with E-state index in [0.29, 0.717) is 5.92 Å². The highest BCUT2D eigenvalue weighted by Crippen LogP contribution is 2.01. The third-order valence-corrected chi connectivity index (χ3v) is 1.88. The van der Waals surface area contributed by atoms with E-state index < -0.39 is 0 Å². The normalized spacial score (nSPS) is 13.4. The van der Waals surface area contributed by atoms with Crippen molar-refractivity contribution >= 4 is 0 Å². The second-order valence-electron chi connectivity index (χ2n) is 3.23. The molecule has 0 aliphatic carbocycles. The van der Waals surface area contributed by atoms with E-state index in [9.17, 15) is 0 Å². The van der Waals surface area contributed by atoms with Crippen molar-refractivity contribution in [3.63, 3.8) is 0 Å². The second kappa shape index (κ2) is 8.02. The molecule has 0 rings (SSSR count). The van der Waals surface area contributed by atoms with Crippen LogP contribution >= 0.6 is 0 Å². The predicted molar refractivity (Wildman–Crippen MR) is 50.6 cm³/mol. The summed E-state index contributed by atoms with van der Waals surface area (Å²) in [5.41, 5.74) is 5.49. The highest BCUT2D eigenvalue weighted by Gasteiger charge is 1.96. The molecule has 0 saturated carbocycles. The van der Waals surface area contributed by atoms with Crippen molar-refractivity contribution in [1.29, 1.82) is 0 Å². The summed E-state index contributed by atoms with van der Waals surface area (Å²) in [5.74, 6) is 0.693. The zero-order valence-corrected chi connectivity index (χ0v) is 7.90. The van der Waals surface area contributed by atoms with E-state index in [1.165, 1.54) is 19.3 Å². The number of hydrogen-bond donors (Lipinski definition) is 2. The van der Waals surface area contributed by atoms with Gasteiger partial charge in [-0.3, -0.25) is 0 Å². The van der Waals surface area contributed by atoms with Gasteiger partial charge in [0.05, 0.1) is 0 Å². The SMILES string of the molecule is CCCNCCCC(C)CN. The minimum atomic E-state index is 0.693. The summed E-state index contributed by atoms with van der Waals surface area (Å²) in [5, 5.41) is 3.37. The minimum Gasteiger partial charge on any atom is -0.330 e. The highest BCUT2D eigenvalue weighted by atomic mass is 14.8. The quantitative estimate of drug-likeness (QED) is 0.549. The van der Waals surface area contributed by atoms with Gasteiger partial charge in [0.2, 0.25) is 0 Å². The van der Waals surface area contributed by atoms with Crippen LogP contribution in [0.25, 0.3) is 0 Å². The molecule has 0 fully saturated rings. The molecule has 0 saturated heterocycles. The van der Waals surface area contributed by atoms with Crippen molar-refractivity contribution in [3.8, 4) is 0 Å². The largest absolute Gasteiger partial charge is 0.330 e. The smallest absolute Gasteiger partial charge is 0.00488 e. The van der Waals surface area contributed by atoms with Gasteiger partial charge in [0.15, 0.2) is 0 Å². The zero-order chi connectivity index (χ0) is 8.53. The molecule has 0 amide bonds. The predicted octanol–water partition coefficient (Wildman–Crippen LogP) is 1.36. The van der Waals surface area contributed by atoms with Crippen LogP contribution in [0, 0.1) is 5.92 Å². The molecule has 0 aliphatic heterocycles. The molecule has 0 aliphatic rings. The van der Waals surface area contributed by atoms with Crippen molar-refractivity contribution in [3.05, 3.63) is 0 Å². The maximum atomic E-state index is 5.49. The first kappa shape index (κ1) is 10.9. The third kappa shape index (κ3) is 7.82. The Bertz CT molecular complexity index is 74.0. The van der Waals surface area contributed by atoms with E-state index in [-0.39, 0.29) is 0 Å². The van der Waals surface area contributed by atoms with E-state index in [4.69, 9.17) is 5.73 Å². The average Bonchev–Trinajstić information content (AvgIpc) is 2.04. The van der Waals surface area contributed by atoms with E-state index >= 15 is 0 Å². The number of rotatable bonds is 7. The van der Waals surface area contributed by atoms with Crippen molar-refractivity contribution < 1.29 is 0 Å². The zero-order valence-electron chi connectivity index (χ0n) is 7.90. The monoisotopic (exact) mass is 158 g/mol. The second-order valence-corrected chi connectivity index (χ2v) is 3.23.